The maximum atomic E-state index is 12.5. The zero-order chi connectivity index (χ0) is 20.3. The van der Waals surface area contributed by atoms with E-state index in [-0.39, 0.29) is 29.4 Å². The Hall–Kier alpha value is -1.92. The number of hydrogen-bond acceptors (Lipinski definition) is 4. The van der Waals surface area contributed by atoms with Crippen molar-refractivity contribution >= 4 is 23.4 Å². The van der Waals surface area contributed by atoms with Gasteiger partial charge in [0.25, 0.3) is 0 Å². The van der Waals surface area contributed by atoms with Crippen LogP contribution in [-0.2, 0) is 14.4 Å². The Kier molecular flexibility index (Phi) is 11.5. The molecule has 0 aliphatic rings. The molecule has 0 aromatic heterocycles. The number of nitrogens with one attached hydrogen (secondary N) is 2. The Morgan fingerprint density at radius 1 is 1.08 bits per heavy atom. The van der Waals surface area contributed by atoms with Gasteiger partial charge >= 0.3 is 0 Å². The molecule has 0 aliphatic heterocycles. The molecule has 0 fully saturated rings. The summed E-state index contributed by atoms with van der Waals surface area (Å²) in [5, 5.41) is 5.53. The summed E-state index contributed by atoms with van der Waals surface area (Å²) in [6, 6.07) is -1.23. The van der Waals surface area contributed by atoms with E-state index in [4.69, 9.17) is 5.73 Å². The number of amidine groups is 1. The molecule has 0 saturated carbocycles. The summed E-state index contributed by atoms with van der Waals surface area (Å²) in [6.07, 6.45) is 2.23. The van der Waals surface area contributed by atoms with Crippen LogP contribution in [0.25, 0.3) is 0 Å². The first kappa shape index (κ1) is 24.1. The predicted octanol–water partition coefficient (Wildman–Crippen LogP) is 1.79. The van der Waals surface area contributed by atoms with Gasteiger partial charge < -0.3 is 16.4 Å². The summed E-state index contributed by atoms with van der Waals surface area (Å²) >= 11 is 0. The predicted molar refractivity (Wildman–Crippen MR) is 105 cm³/mol. The maximum absolute atomic E-state index is 12.5. The number of rotatable bonds is 12. The van der Waals surface area contributed by atoms with Crippen molar-refractivity contribution < 1.29 is 14.4 Å². The summed E-state index contributed by atoms with van der Waals surface area (Å²) in [6.45, 7) is 11.5. The van der Waals surface area contributed by atoms with E-state index in [1.807, 2.05) is 34.6 Å². The van der Waals surface area contributed by atoms with Crippen LogP contribution in [0.5, 0.6) is 0 Å². The van der Waals surface area contributed by atoms with Crippen molar-refractivity contribution in [2.45, 2.75) is 79.3 Å². The van der Waals surface area contributed by atoms with E-state index < -0.39 is 12.1 Å². The molecule has 150 valence electrons. The second-order valence-corrected chi connectivity index (χ2v) is 7.31. The van der Waals surface area contributed by atoms with E-state index in [1.54, 1.807) is 0 Å². The highest BCUT2D eigenvalue weighted by molar-refractivity contribution is 5.92. The normalized spacial score (nSPS) is 14.2. The van der Waals surface area contributed by atoms with E-state index >= 15 is 0 Å². The Morgan fingerprint density at radius 3 is 2.15 bits per heavy atom. The van der Waals surface area contributed by atoms with Gasteiger partial charge in [0.15, 0.2) is 5.78 Å². The molecule has 0 unspecified atom stereocenters. The molecule has 4 N–H and O–H groups in total. The quantitative estimate of drug-likeness (QED) is 0.277. The molecular weight excluding hydrogens is 332 g/mol. The minimum atomic E-state index is -0.648. The molecule has 7 nitrogen and oxygen atoms in total. The lowest BCUT2D eigenvalue weighted by molar-refractivity contribution is -0.132. The third-order valence-electron chi connectivity index (χ3n) is 4.09. The third kappa shape index (κ3) is 9.53. The number of nitrogens with zero attached hydrogens (tertiary/aromatic N) is 1. The van der Waals surface area contributed by atoms with Gasteiger partial charge in [-0.05, 0) is 32.1 Å². The first-order chi connectivity index (χ1) is 12.1. The van der Waals surface area contributed by atoms with E-state index in [0.29, 0.717) is 38.1 Å². The SMILES string of the molecule is CCCC(=O)N[C@H](C(=O)N[C@@H](CCCN=C(N)C(C)C)C(C)=O)C(C)C. The van der Waals surface area contributed by atoms with Crippen molar-refractivity contribution in [2.75, 3.05) is 6.54 Å². The molecule has 7 heteroatoms. The molecule has 0 saturated heterocycles. The van der Waals surface area contributed by atoms with Crippen LogP contribution < -0.4 is 16.4 Å². The minimum absolute atomic E-state index is 0.0705. The van der Waals surface area contributed by atoms with Crippen LogP contribution in [0.3, 0.4) is 0 Å². The van der Waals surface area contributed by atoms with Gasteiger partial charge in [0.2, 0.25) is 11.8 Å². The molecule has 26 heavy (non-hydrogen) atoms. The van der Waals surface area contributed by atoms with Crippen LogP contribution in [0, 0.1) is 11.8 Å². The summed E-state index contributed by atoms with van der Waals surface area (Å²) in [5.74, 6) is 0.123. The van der Waals surface area contributed by atoms with E-state index in [1.165, 1.54) is 6.92 Å². The Bertz CT molecular complexity index is 501. The lowest BCUT2D eigenvalue weighted by Crippen LogP contribution is -2.53. The van der Waals surface area contributed by atoms with Crippen LogP contribution in [0.1, 0.15) is 67.2 Å². The number of Topliss-reactive ketones (excluding diaryl/α,β-unsaturated/α-hetero) is 1. The van der Waals surface area contributed by atoms with E-state index in [9.17, 15) is 14.4 Å². The van der Waals surface area contributed by atoms with Crippen molar-refractivity contribution in [3.63, 3.8) is 0 Å². The van der Waals surface area contributed by atoms with Gasteiger partial charge in [0.05, 0.1) is 11.9 Å². The molecule has 0 aliphatic carbocycles. The van der Waals surface area contributed by atoms with Crippen molar-refractivity contribution in [1.29, 1.82) is 0 Å². The topological polar surface area (TPSA) is 114 Å². The monoisotopic (exact) mass is 368 g/mol. The summed E-state index contributed by atoms with van der Waals surface area (Å²) in [5.41, 5.74) is 5.79. The Morgan fingerprint density at radius 2 is 1.69 bits per heavy atom. The zero-order valence-electron chi connectivity index (χ0n) is 17.1. The smallest absolute Gasteiger partial charge is 0.243 e. The fourth-order valence-electron chi connectivity index (χ4n) is 2.33. The van der Waals surface area contributed by atoms with Gasteiger partial charge in [-0.1, -0.05) is 34.6 Å². The first-order valence-electron chi connectivity index (χ1n) is 9.50. The van der Waals surface area contributed by atoms with E-state index in [2.05, 4.69) is 15.6 Å². The van der Waals surface area contributed by atoms with Crippen molar-refractivity contribution in [3.05, 3.63) is 0 Å². The summed E-state index contributed by atoms with van der Waals surface area (Å²) < 4.78 is 0. The van der Waals surface area contributed by atoms with Crippen LogP contribution in [0.2, 0.25) is 0 Å². The van der Waals surface area contributed by atoms with Crippen molar-refractivity contribution in [1.82, 2.24) is 10.6 Å². The number of hydrogen-bond donors (Lipinski definition) is 3. The minimum Gasteiger partial charge on any atom is -0.387 e. The molecule has 2 atom stereocenters. The molecule has 0 bridgehead atoms. The fourth-order valence-corrected chi connectivity index (χ4v) is 2.33. The second-order valence-electron chi connectivity index (χ2n) is 7.31. The average molecular weight is 369 g/mol. The van der Waals surface area contributed by atoms with Gasteiger partial charge in [0, 0.05) is 18.9 Å². The lowest BCUT2D eigenvalue weighted by Gasteiger charge is -2.24. The third-order valence-corrected chi connectivity index (χ3v) is 4.09. The van der Waals surface area contributed by atoms with Gasteiger partial charge in [-0.3, -0.25) is 19.4 Å². The number of ketones is 1. The fraction of sp³-hybridized carbons (Fsp3) is 0.789. The summed E-state index contributed by atoms with van der Waals surface area (Å²) in [4.78, 5) is 40.5. The van der Waals surface area contributed by atoms with E-state index in [0.717, 1.165) is 0 Å². The Labute approximate surface area is 157 Å². The number of carbonyl (C=O) groups is 3. The molecule has 0 aromatic rings. The second kappa shape index (κ2) is 12.4. The zero-order valence-corrected chi connectivity index (χ0v) is 17.1. The van der Waals surface area contributed by atoms with Crippen molar-refractivity contribution in [3.8, 4) is 0 Å². The van der Waals surface area contributed by atoms with Crippen LogP contribution in [0.15, 0.2) is 4.99 Å². The first-order valence-corrected chi connectivity index (χ1v) is 9.50. The molecule has 0 rings (SSSR count). The number of aliphatic imine (C=N–C) groups is 1. The standard InChI is InChI=1S/C19H36N4O3/c1-7-9-16(25)23-17(12(2)3)19(26)22-15(14(6)24)10-8-11-21-18(20)13(4)5/h12-13,15,17H,7-11H2,1-6H3,(H2,20,21)(H,22,26)(H,23,25)/t15-,17-/m0/s1. The van der Waals surface area contributed by atoms with Gasteiger partial charge in [0.1, 0.15) is 6.04 Å². The van der Waals surface area contributed by atoms with Gasteiger partial charge in [-0.15, -0.1) is 0 Å². The number of amides is 2. The van der Waals surface area contributed by atoms with Crippen LogP contribution in [0.4, 0.5) is 0 Å². The number of carbonyl (C=O) groups excluding carboxylic acids is 3. The average Bonchev–Trinajstić information content (AvgIpc) is 2.54. The highest BCUT2D eigenvalue weighted by Gasteiger charge is 2.27. The molecule has 0 radical (unpaired) electrons. The maximum Gasteiger partial charge on any atom is 0.243 e. The molecule has 0 spiro atoms. The van der Waals surface area contributed by atoms with Crippen molar-refractivity contribution in [2.24, 2.45) is 22.6 Å². The van der Waals surface area contributed by atoms with Crippen LogP contribution in [-0.4, -0.2) is 42.1 Å². The largest absolute Gasteiger partial charge is 0.387 e. The van der Waals surface area contributed by atoms with Crippen LogP contribution >= 0.6 is 0 Å². The molecule has 0 aromatic carbocycles. The highest BCUT2D eigenvalue weighted by atomic mass is 16.2. The summed E-state index contributed by atoms with van der Waals surface area (Å²) in [7, 11) is 0. The molecular formula is C19H36N4O3. The molecule has 0 heterocycles. The molecule has 2 amide bonds. The lowest BCUT2D eigenvalue weighted by atomic mass is 10.0. The number of nitrogens with two attached hydrogens (primary N) is 1. The van der Waals surface area contributed by atoms with Gasteiger partial charge in [-0.25, -0.2) is 0 Å². The van der Waals surface area contributed by atoms with Gasteiger partial charge in [-0.2, -0.15) is 0 Å². The highest BCUT2D eigenvalue weighted by Crippen LogP contribution is 2.06. The Balaban J connectivity index is 4.75.